The fourth-order valence-corrected chi connectivity index (χ4v) is 6.52. The third-order valence-corrected chi connectivity index (χ3v) is 9.37. The molecule has 0 aliphatic carbocycles. The number of hydrogen-bond acceptors (Lipinski definition) is 9. The summed E-state index contributed by atoms with van der Waals surface area (Å²) < 4.78 is 42.4. The Labute approximate surface area is 237 Å². The number of aryl methyl sites for hydroxylation is 1. The van der Waals surface area contributed by atoms with Crippen molar-refractivity contribution in [1.29, 1.82) is 0 Å². The Kier molecular flexibility index (Phi) is 8.94. The van der Waals surface area contributed by atoms with Crippen molar-refractivity contribution in [3.63, 3.8) is 0 Å². The molecule has 10 nitrogen and oxygen atoms in total. The lowest BCUT2D eigenvalue weighted by molar-refractivity contribution is -0.268. The average molecular weight is 582 g/mol. The fourth-order valence-electron chi connectivity index (χ4n) is 4.46. The molecule has 210 valence electrons. The molecule has 0 radical (unpaired) electrons. The molecule has 1 aliphatic rings. The van der Waals surface area contributed by atoms with E-state index in [4.69, 9.17) is 9.47 Å². The van der Waals surface area contributed by atoms with Gasteiger partial charge in [0.05, 0.1) is 23.7 Å². The molecule has 2 heterocycles. The van der Waals surface area contributed by atoms with Gasteiger partial charge in [0.25, 0.3) is 0 Å². The second kappa shape index (κ2) is 12.6. The van der Waals surface area contributed by atoms with E-state index in [0.717, 1.165) is 22.3 Å². The maximum atomic E-state index is 12.6. The summed E-state index contributed by atoms with van der Waals surface area (Å²) in [5.74, 6) is 0.649. The van der Waals surface area contributed by atoms with Gasteiger partial charge in [0, 0.05) is 30.8 Å². The molecule has 4 atom stereocenters. The Balaban J connectivity index is 1.32. The minimum Gasteiger partial charge on any atom is -0.392 e. The summed E-state index contributed by atoms with van der Waals surface area (Å²) >= 11 is 1.52. The lowest BCUT2D eigenvalue weighted by Gasteiger charge is -2.41. The molecule has 5 rings (SSSR count). The summed E-state index contributed by atoms with van der Waals surface area (Å²) in [4.78, 5) is 0.226. The molecule has 12 heteroatoms. The van der Waals surface area contributed by atoms with Gasteiger partial charge in [-0.2, -0.15) is 0 Å². The van der Waals surface area contributed by atoms with E-state index in [1.54, 1.807) is 42.1 Å². The molecule has 0 bridgehead atoms. The topological polar surface area (TPSA) is 128 Å². The zero-order valence-electron chi connectivity index (χ0n) is 22.1. The van der Waals surface area contributed by atoms with Crippen molar-refractivity contribution >= 4 is 21.8 Å². The number of thioether (sulfide) groups is 1. The van der Waals surface area contributed by atoms with Crippen LogP contribution >= 0.6 is 11.8 Å². The van der Waals surface area contributed by atoms with E-state index in [9.17, 15) is 13.5 Å². The van der Waals surface area contributed by atoms with Crippen molar-refractivity contribution in [3.8, 4) is 0 Å². The molecule has 1 aromatic heterocycles. The Morgan fingerprint density at radius 3 is 2.27 bits per heavy atom. The van der Waals surface area contributed by atoms with Crippen LogP contribution in [0.15, 0.2) is 88.9 Å². The number of aliphatic hydroxyl groups is 1. The Bertz CT molecular complexity index is 1500. The van der Waals surface area contributed by atoms with Gasteiger partial charge in [-0.3, -0.25) is 0 Å². The summed E-state index contributed by atoms with van der Waals surface area (Å²) in [5.41, 5.74) is 3.47. The number of tetrazole rings is 1. The van der Waals surface area contributed by atoms with Crippen molar-refractivity contribution in [3.05, 3.63) is 101 Å². The van der Waals surface area contributed by atoms with Crippen molar-refractivity contribution in [2.75, 3.05) is 5.75 Å². The smallest absolute Gasteiger partial charge is 0.240 e. The second-order valence-electron chi connectivity index (χ2n) is 9.60. The number of nitrogens with zero attached hydrogens (tertiary/aromatic N) is 4. The summed E-state index contributed by atoms with van der Waals surface area (Å²) in [7, 11) is -1.81. The van der Waals surface area contributed by atoms with E-state index < -0.39 is 16.3 Å². The molecule has 0 saturated carbocycles. The molecule has 4 aromatic rings. The number of aromatic nitrogens is 4. The monoisotopic (exact) mass is 581 g/mol. The van der Waals surface area contributed by atoms with Crippen LogP contribution < -0.4 is 4.72 Å². The first-order chi connectivity index (χ1) is 19.3. The second-order valence-corrected chi connectivity index (χ2v) is 12.4. The largest absolute Gasteiger partial charge is 0.392 e. The van der Waals surface area contributed by atoms with Crippen LogP contribution in [0.2, 0.25) is 0 Å². The summed E-state index contributed by atoms with van der Waals surface area (Å²) in [6.45, 7) is 2.24. The van der Waals surface area contributed by atoms with Crippen LogP contribution in [0.5, 0.6) is 0 Å². The van der Waals surface area contributed by atoms with E-state index in [0.29, 0.717) is 10.9 Å². The third-order valence-electron chi connectivity index (χ3n) is 6.85. The Morgan fingerprint density at radius 2 is 1.62 bits per heavy atom. The number of hydrogen-bond donors (Lipinski definition) is 2. The summed E-state index contributed by atoms with van der Waals surface area (Å²) in [6, 6.07) is 23.6. The van der Waals surface area contributed by atoms with Gasteiger partial charge in [-0.05, 0) is 39.2 Å². The fraction of sp³-hybridized carbons (Fsp3) is 0.321. The molecular weight excluding hydrogens is 550 g/mol. The van der Waals surface area contributed by atoms with Crippen LogP contribution in [0.25, 0.3) is 0 Å². The number of nitrogens with one attached hydrogen (secondary N) is 1. The van der Waals surface area contributed by atoms with Crippen molar-refractivity contribution in [2.24, 2.45) is 13.0 Å². The lowest BCUT2D eigenvalue weighted by atomic mass is 9.91. The van der Waals surface area contributed by atoms with Gasteiger partial charge in [-0.1, -0.05) is 85.4 Å². The van der Waals surface area contributed by atoms with Crippen molar-refractivity contribution in [1.82, 2.24) is 24.9 Å². The maximum absolute atomic E-state index is 12.6. The van der Waals surface area contributed by atoms with Crippen LogP contribution in [-0.2, 0) is 39.7 Å². The zero-order valence-corrected chi connectivity index (χ0v) is 23.8. The number of sulfonamides is 1. The molecule has 40 heavy (non-hydrogen) atoms. The Hall–Kier alpha value is -3.13. The molecule has 1 aliphatic heterocycles. The Morgan fingerprint density at radius 1 is 0.950 bits per heavy atom. The molecule has 1 unspecified atom stereocenters. The van der Waals surface area contributed by atoms with Crippen molar-refractivity contribution < 1.29 is 23.0 Å². The zero-order chi connectivity index (χ0) is 28.1. The van der Waals surface area contributed by atoms with E-state index >= 15 is 0 Å². The van der Waals surface area contributed by atoms with E-state index in [-0.39, 0.29) is 36.2 Å². The first-order valence-electron chi connectivity index (χ1n) is 12.8. The van der Waals surface area contributed by atoms with Gasteiger partial charge in [0.2, 0.25) is 15.2 Å². The predicted octanol–water partition coefficient (Wildman–Crippen LogP) is 3.76. The molecule has 1 saturated heterocycles. The quantitative estimate of drug-likeness (QED) is 0.269. The highest BCUT2D eigenvalue weighted by Gasteiger charge is 2.38. The summed E-state index contributed by atoms with van der Waals surface area (Å²) in [6.07, 6.45) is -1.04. The third kappa shape index (κ3) is 6.60. The highest BCUT2D eigenvalue weighted by molar-refractivity contribution is 7.99. The predicted molar refractivity (Wildman–Crippen MR) is 149 cm³/mol. The highest BCUT2D eigenvalue weighted by atomic mass is 32.2. The molecule has 2 N–H and O–H groups in total. The van der Waals surface area contributed by atoms with Crippen LogP contribution in [0.1, 0.15) is 41.6 Å². The van der Waals surface area contributed by atoms with E-state index in [2.05, 4.69) is 27.2 Å². The van der Waals surface area contributed by atoms with Crippen LogP contribution in [0.3, 0.4) is 0 Å². The van der Waals surface area contributed by atoms with Gasteiger partial charge >= 0.3 is 0 Å². The normalized spacial score (nSPS) is 21.4. The molecule has 0 spiro atoms. The van der Waals surface area contributed by atoms with E-state index in [1.807, 2.05) is 48.5 Å². The molecular formula is C28H31N5O5S2. The SMILES string of the molecule is C[C@H]1[C@@H](CSc2nnnn2C)OC(c2ccc(CNS(=O)(=O)c3ccccc3)cc2)O[C@H]1c1ccc(CO)cc1. The van der Waals surface area contributed by atoms with Crippen molar-refractivity contribution in [2.45, 2.75) is 48.6 Å². The lowest BCUT2D eigenvalue weighted by Crippen LogP contribution is -2.38. The van der Waals surface area contributed by atoms with Gasteiger partial charge < -0.3 is 14.6 Å². The summed E-state index contributed by atoms with van der Waals surface area (Å²) in [5, 5.41) is 21.8. The molecule has 3 aromatic carbocycles. The van der Waals surface area contributed by atoms with Gasteiger partial charge in [-0.15, -0.1) is 5.10 Å². The highest BCUT2D eigenvalue weighted by Crippen LogP contribution is 2.42. The van der Waals surface area contributed by atoms with Gasteiger partial charge in [0.1, 0.15) is 0 Å². The molecule has 1 fully saturated rings. The average Bonchev–Trinajstić information content (AvgIpc) is 3.40. The first kappa shape index (κ1) is 28.4. The number of aliphatic hydroxyl groups excluding tert-OH is 1. The van der Waals surface area contributed by atoms with Crippen LogP contribution in [0, 0.1) is 5.92 Å². The molecule has 0 amide bonds. The maximum Gasteiger partial charge on any atom is 0.240 e. The van der Waals surface area contributed by atoms with E-state index in [1.165, 1.54) is 11.8 Å². The van der Waals surface area contributed by atoms with Gasteiger partial charge in [-0.25, -0.2) is 17.8 Å². The standard InChI is InChI=1S/C28H31N5O5S2/c1-19-25(18-39-28-30-31-32-33(28)2)37-27(38-26(19)22-12-10-21(17-34)11-13-22)23-14-8-20(9-15-23)16-29-40(35,36)24-6-4-3-5-7-24/h3-15,19,25-27,29,34H,16-18H2,1-2H3/t19-,25+,26+,27?/m0/s1. The minimum atomic E-state index is -3.61. The van der Waals surface area contributed by atoms with Crippen LogP contribution in [-0.4, -0.2) is 45.6 Å². The minimum absolute atomic E-state index is 0.0219. The van der Waals surface area contributed by atoms with Crippen LogP contribution in [0.4, 0.5) is 0 Å². The first-order valence-corrected chi connectivity index (χ1v) is 15.3. The van der Waals surface area contributed by atoms with Gasteiger partial charge in [0.15, 0.2) is 6.29 Å². The number of ether oxygens (including phenoxy) is 2. The number of rotatable bonds is 10. The number of benzene rings is 3.